The second-order valence-electron chi connectivity index (χ2n) is 15.7. The van der Waals surface area contributed by atoms with E-state index in [0.717, 1.165) is 18.4 Å². The molecule has 15 nitrogen and oxygen atoms in total. The molecule has 0 N–H and O–H groups in total. The highest BCUT2D eigenvalue weighted by molar-refractivity contribution is 7.89. The number of carbonyl (C=O) groups is 4. The second-order valence-corrected chi connectivity index (χ2v) is 19.5. The number of carbonyl (C=O) groups excluding carboxylic acids is 4. The van der Waals surface area contributed by atoms with E-state index in [0.29, 0.717) is 54.6 Å². The Morgan fingerprint density at radius 3 is 1.53 bits per heavy atom. The lowest BCUT2D eigenvalue weighted by atomic mass is 10.1. The van der Waals surface area contributed by atoms with Gasteiger partial charge in [-0.05, 0) is 104 Å². The SMILES string of the molecule is [11CH3]N1C(=O)C(=O)c2cc(S(=O)(=O)N3CCC[C@H]3COc3ccccc3)ccc21.[11CH3]Oc1ccc(CN2C(=O)C(=O)c3cc(S(=O)(=O)N4CCC[C@H]4COc4ccccc4)ccc32)cc1. The average molecular weight is 905 g/mol. The minimum Gasteiger partial charge on any atom is -0.497 e. The molecule has 2 atom stereocenters. The van der Waals surface area contributed by atoms with Gasteiger partial charge in [0.1, 0.15) is 30.5 Å². The number of ketones is 2. The van der Waals surface area contributed by atoms with Gasteiger partial charge >= 0.3 is 0 Å². The maximum Gasteiger partial charge on any atom is 0.299 e. The molecule has 2 saturated heterocycles. The maximum absolute atomic E-state index is 13.5. The fourth-order valence-corrected chi connectivity index (χ4v) is 11.7. The van der Waals surface area contributed by atoms with E-state index in [-0.39, 0.29) is 52.8 Å². The molecule has 9 rings (SSSR count). The van der Waals surface area contributed by atoms with Crippen LogP contribution in [0.5, 0.6) is 17.2 Å². The number of fused-ring (bicyclic) bond motifs is 2. The number of ether oxygens (including phenoxy) is 3. The van der Waals surface area contributed by atoms with Crippen LogP contribution in [-0.2, 0) is 36.2 Å². The summed E-state index contributed by atoms with van der Waals surface area (Å²) < 4.78 is 73.0. The number of hydrogen-bond acceptors (Lipinski definition) is 11. The van der Waals surface area contributed by atoms with Crippen LogP contribution in [0.25, 0.3) is 0 Å². The normalized spacial score (nSPS) is 18.8. The van der Waals surface area contributed by atoms with Crippen LogP contribution in [0.2, 0.25) is 0 Å². The molecule has 0 saturated carbocycles. The van der Waals surface area contributed by atoms with Crippen molar-refractivity contribution in [1.82, 2.24) is 8.61 Å². The van der Waals surface area contributed by atoms with Crippen LogP contribution in [0.15, 0.2) is 131 Å². The first-order valence-corrected chi connectivity index (χ1v) is 23.6. The summed E-state index contributed by atoms with van der Waals surface area (Å²) in [6, 6.07) is 33.7. The van der Waals surface area contributed by atoms with Crippen molar-refractivity contribution in [3.05, 3.63) is 138 Å². The first kappa shape index (κ1) is 44.2. The summed E-state index contributed by atoms with van der Waals surface area (Å²) in [7, 11) is -4.61. The molecule has 17 heteroatoms. The zero-order chi connectivity index (χ0) is 45.2. The molecule has 0 aromatic heterocycles. The van der Waals surface area contributed by atoms with E-state index in [1.54, 1.807) is 25.3 Å². The quantitative estimate of drug-likeness (QED) is 0.132. The van der Waals surface area contributed by atoms with Crippen LogP contribution in [0.1, 0.15) is 52.0 Å². The zero-order valence-electron chi connectivity index (χ0n) is 35.2. The van der Waals surface area contributed by atoms with Crippen LogP contribution in [0.3, 0.4) is 0 Å². The Labute approximate surface area is 371 Å². The van der Waals surface area contributed by atoms with Gasteiger partial charge in [0.05, 0.1) is 58.0 Å². The van der Waals surface area contributed by atoms with Gasteiger partial charge in [-0.25, -0.2) is 16.8 Å². The van der Waals surface area contributed by atoms with Crippen molar-refractivity contribution in [3.8, 4) is 17.2 Å². The molecular weight excluding hydrogens is 859 g/mol. The van der Waals surface area contributed by atoms with Gasteiger partial charge < -0.3 is 24.0 Å². The largest absolute Gasteiger partial charge is 0.497 e. The van der Waals surface area contributed by atoms with Gasteiger partial charge in [0.25, 0.3) is 23.4 Å². The number of anilines is 2. The number of amides is 2. The smallest absolute Gasteiger partial charge is 0.299 e. The summed E-state index contributed by atoms with van der Waals surface area (Å²) in [6.45, 7) is 1.46. The summed E-state index contributed by atoms with van der Waals surface area (Å²) in [6.07, 6.45) is 2.86. The summed E-state index contributed by atoms with van der Waals surface area (Å²) >= 11 is 0. The van der Waals surface area contributed by atoms with Gasteiger partial charge in [0.15, 0.2) is 0 Å². The minimum atomic E-state index is -3.88. The van der Waals surface area contributed by atoms with Crippen molar-refractivity contribution in [2.24, 2.45) is 0 Å². The van der Waals surface area contributed by atoms with Crippen LogP contribution in [-0.4, -0.2) is 101 Å². The van der Waals surface area contributed by atoms with Gasteiger partial charge in [-0.1, -0.05) is 48.5 Å². The summed E-state index contributed by atoms with van der Waals surface area (Å²) in [5.41, 5.74) is 1.89. The molecular formula is C47H46N4O11S2. The summed E-state index contributed by atoms with van der Waals surface area (Å²) in [4.78, 5) is 52.1. The lowest BCUT2D eigenvalue weighted by molar-refractivity contribution is -0.114. The Hall–Kier alpha value is -6.40. The Kier molecular flexibility index (Phi) is 12.7. The van der Waals surface area contributed by atoms with Gasteiger partial charge in [0, 0.05) is 20.1 Å². The molecule has 4 aliphatic rings. The molecule has 5 aromatic carbocycles. The van der Waals surface area contributed by atoms with Gasteiger partial charge in [-0.15, -0.1) is 0 Å². The van der Waals surface area contributed by atoms with E-state index in [9.17, 15) is 36.0 Å². The topological polar surface area (TPSA) is 177 Å². The predicted octanol–water partition coefficient (Wildman–Crippen LogP) is 5.73. The molecule has 0 bridgehead atoms. The number of hydrogen-bond donors (Lipinski definition) is 0. The fraction of sp³-hybridized carbons (Fsp3) is 0.277. The number of likely N-dealkylation sites (N-methyl/N-ethyl adjacent to an activating group) is 1. The zero-order valence-corrected chi connectivity index (χ0v) is 36.8. The first-order valence-electron chi connectivity index (χ1n) is 20.8. The monoisotopic (exact) mass is 904 g/mol. The van der Waals surface area contributed by atoms with E-state index in [1.165, 1.54) is 55.8 Å². The molecule has 0 radical (unpaired) electrons. The third-order valence-electron chi connectivity index (χ3n) is 11.7. The highest BCUT2D eigenvalue weighted by Crippen LogP contribution is 2.36. The van der Waals surface area contributed by atoms with E-state index in [1.807, 2.05) is 72.8 Å². The summed E-state index contributed by atoms with van der Waals surface area (Å²) in [5, 5.41) is 0. The third kappa shape index (κ3) is 8.75. The van der Waals surface area contributed by atoms with Crippen molar-refractivity contribution < 1.29 is 50.2 Å². The highest BCUT2D eigenvalue weighted by Gasteiger charge is 2.41. The molecule has 332 valence electrons. The molecule has 0 unspecified atom stereocenters. The molecule has 0 spiro atoms. The van der Waals surface area contributed by atoms with Gasteiger partial charge in [-0.3, -0.25) is 19.2 Å². The summed E-state index contributed by atoms with van der Waals surface area (Å²) in [5.74, 6) is -0.657. The fourth-order valence-electron chi connectivity index (χ4n) is 8.31. The first-order chi connectivity index (χ1) is 30.8. The van der Waals surface area contributed by atoms with Crippen LogP contribution in [0, 0.1) is 0 Å². The Bertz CT molecular complexity index is 2810. The maximum atomic E-state index is 13.5. The standard InChI is InChI=1S/C27H26N2O6S.C20H20N2O5S/c1-34-21-11-9-19(10-12-21)17-28-25-14-13-23(16-24(25)26(30)27(28)31)36(32,33)29-15-5-6-20(29)18-35-22-7-3-2-4-8-22;1-21-18-10-9-16(12-17(18)19(23)20(21)24)28(25,26)22-11-5-6-14(22)13-27-15-7-3-2-4-8-15/h2-4,7-14,16,20H,5-6,15,17-18H2,1H3;2-4,7-10,12,14H,5-6,11,13H2,1H3/t20-;14-/m00/s1/i2*1-1. The lowest BCUT2D eigenvalue weighted by Gasteiger charge is -2.24. The average Bonchev–Trinajstić information content (AvgIpc) is 4.10. The highest BCUT2D eigenvalue weighted by atomic mass is 32.2. The van der Waals surface area contributed by atoms with E-state index in [2.05, 4.69) is 0 Å². The molecule has 0 aliphatic carbocycles. The Morgan fingerprint density at radius 1 is 0.562 bits per heavy atom. The number of benzene rings is 5. The minimum absolute atomic E-state index is 0.000286. The van der Waals surface area contributed by atoms with Crippen LogP contribution >= 0.6 is 0 Å². The van der Waals surface area contributed by atoms with Crippen molar-refractivity contribution >= 4 is 54.8 Å². The lowest BCUT2D eigenvalue weighted by Crippen LogP contribution is -2.39. The molecule has 64 heavy (non-hydrogen) atoms. The second kappa shape index (κ2) is 18.4. The van der Waals surface area contributed by atoms with Crippen molar-refractivity contribution in [2.45, 2.75) is 54.1 Å². The molecule has 4 heterocycles. The number of methoxy groups -OCH3 is 1. The molecule has 4 aliphatic heterocycles. The van der Waals surface area contributed by atoms with Crippen molar-refractivity contribution in [2.75, 3.05) is 50.3 Å². The predicted molar refractivity (Wildman–Crippen MR) is 237 cm³/mol. The molecule has 5 aromatic rings. The van der Waals surface area contributed by atoms with Crippen LogP contribution < -0.4 is 24.0 Å². The van der Waals surface area contributed by atoms with E-state index in [4.69, 9.17) is 14.2 Å². The number of rotatable bonds is 13. The number of nitrogens with zero attached hydrogens (tertiary/aromatic N) is 4. The molecule has 2 amide bonds. The van der Waals surface area contributed by atoms with Crippen LogP contribution in [0.4, 0.5) is 11.4 Å². The number of sulfonamides is 2. The van der Waals surface area contributed by atoms with E-state index >= 15 is 0 Å². The Morgan fingerprint density at radius 2 is 1.03 bits per heavy atom. The number of para-hydroxylation sites is 2. The third-order valence-corrected chi connectivity index (χ3v) is 15.6. The van der Waals surface area contributed by atoms with Gasteiger partial charge in [0.2, 0.25) is 20.0 Å². The van der Waals surface area contributed by atoms with Gasteiger partial charge in [-0.2, -0.15) is 8.61 Å². The Balaban J connectivity index is 0.000000181. The van der Waals surface area contributed by atoms with E-state index < -0.39 is 43.4 Å². The van der Waals surface area contributed by atoms with Crippen molar-refractivity contribution in [3.63, 3.8) is 0 Å². The number of Topliss-reactive ketones (excluding diaryl/α,β-unsaturated/α-hetero) is 2. The van der Waals surface area contributed by atoms with Crippen molar-refractivity contribution in [1.29, 1.82) is 0 Å². The molecule has 2 fully saturated rings.